The molecule has 9 heteroatoms. The van der Waals surface area contributed by atoms with Crippen LogP contribution in [-0.2, 0) is 16.1 Å². The molecule has 0 fully saturated rings. The Morgan fingerprint density at radius 1 is 1.47 bits per heavy atom. The summed E-state index contributed by atoms with van der Waals surface area (Å²) in [6, 6.07) is 0. The number of hydrogen-bond acceptors (Lipinski definition) is 5. The molecule has 1 N–H and O–H groups in total. The summed E-state index contributed by atoms with van der Waals surface area (Å²) in [7, 11) is 0. The van der Waals surface area contributed by atoms with Crippen molar-refractivity contribution in [2.75, 3.05) is 13.2 Å². The molecule has 0 saturated heterocycles. The fourth-order valence-corrected chi connectivity index (χ4v) is 1.12. The Morgan fingerprint density at radius 3 is 2.68 bits per heavy atom. The van der Waals surface area contributed by atoms with E-state index in [2.05, 4.69) is 19.4 Å². The van der Waals surface area contributed by atoms with Crippen LogP contribution in [0.5, 0.6) is 0 Å². The summed E-state index contributed by atoms with van der Waals surface area (Å²) in [4.78, 5) is 28.5. The minimum atomic E-state index is -4.45. The van der Waals surface area contributed by atoms with E-state index in [1.165, 1.54) is 0 Å². The van der Waals surface area contributed by atoms with E-state index in [4.69, 9.17) is 0 Å². The highest BCUT2D eigenvalue weighted by Gasteiger charge is 2.27. The molecule has 1 rings (SSSR count). The van der Waals surface area contributed by atoms with Crippen molar-refractivity contribution in [2.24, 2.45) is 0 Å². The van der Waals surface area contributed by atoms with Crippen LogP contribution < -0.4 is 5.56 Å². The predicted octanol–water partition coefficient (Wildman–Crippen LogP) is 1.03. The summed E-state index contributed by atoms with van der Waals surface area (Å²) >= 11 is 0. The largest absolute Gasteiger partial charge is 0.462 e. The minimum absolute atomic E-state index is 0.0920. The van der Waals surface area contributed by atoms with Gasteiger partial charge in [-0.15, -0.1) is 0 Å². The molecule has 6 nitrogen and oxygen atoms in total. The maximum absolute atomic E-state index is 11.8. The topological polar surface area (TPSA) is 81.3 Å². The predicted molar refractivity (Wildman–Crippen MR) is 56.5 cm³/mol. The molecular weight excluding hydrogens is 269 g/mol. The Labute approximate surface area is 105 Å². The summed E-state index contributed by atoms with van der Waals surface area (Å²) in [6.45, 7) is -0.304. The number of halogens is 3. The summed E-state index contributed by atoms with van der Waals surface area (Å²) < 4.78 is 44.4. The van der Waals surface area contributed by atoms with E-state index >= 15 is 0 Å². The third kappa shape index (κ3) is 5.08. The lowest BCUT2D eigenvalue weighted by Gasteiger charge is -2.07. The van der Waals surface area contributed by atoms with Crippen LogP contribution in [0.4, 0.5) is 13.2 Å². The van der Waals surface area contributed by atoms with Crippen molar-refractivity contribution >= 4 is 5.97 Å². The summed E-state index contributed by atoms with van der Waals surface area (Å²) in [5, 5.41) is 0. The number of ether oxygens (including phenoxy) is 2. The molecule has 0 unspecified atom stereocenters. The van der Waals surface area contributed by atoms with Crippen molar-refractivity contribution in [3.63, 3.8) is 0 Å². The molecule has 0 aliphatic carbocycles. The van der Waals surface area contributed by atoms with Gasteiger partial charge in [0.2, 0.25) is 0 Å². The molecule has 1 aromatic heterocycles. The molecule has 0 spiro atoms. The lowest BCUT2D eigenvalue weighted by molar-refractivity contribution is -0.177. The number of aromatic amines is 1. The molecule has 106 valence electrons. The van der Waals surface area contributed by atoms with Crippen LogP contribution in [0.25, 0.3) is 0 Å². The first kappa shape index (κ1) is 15.2. The lowest BCUT2D eigenvalue weighted by Crippen LogP contribution is -2.23. The van der Waals surface area contributed by atoms with Crippen molar-refractivity contribution in [3.8, 4) is 0 Å². The van der Waals surface area contributed by atoms with Crippen LogP contribution >= 0.6 is 0 Å². The van der Waals surface area contributed by atoms with Gasteiger partial charge >= 0.3 is 12.1 Å². The molecule has 1 heterocycles. The second-order valence-corrected chi connectivity index (χ2v) is 3.40. The Kier molecular flexibility index (Phi) is 5.04. The number of aromatic nitrogens is 2. The maximum Gasteiger partial charge on any atom is 0.411 e. The average Bonchev–Trinajstić information content (AvgIpc) is 2.27. The molecule has 0 aromatic carbocycles. The number of nitrogens with one attached hydrogen (secondary N) is 1. The summed E-state index contributed by atoms with van der Waals surface area (Å²) in [5.74, 6) is -0.957. The molecule has 19 heavy (non-hydrogen) atoms. The number of carbonyl (C=O) groups is 1. The first-order chi connectivity index (χ1) is 8.83. The van der Waals surface area contributed by atoms with Gasteiger partial charge in [-0.2, -0.15) is 13.2 Å². The number of alkyl halides is 3. The van der Waals surface area contributed by atoms with Crippen LogP contribution in [0.3, 0.4) is 0 Å². The Balaban J connectivity index is 2.67. The van der Waals surface area contributed by atoms with Crippen molar-refractivity contribution in [2.45, 2.75) is 19.7 Å². The van der Waals surface area contributed by atoms with E-state index in [-0.39, 0.29) is 18.0 Å². The first-order valence-corrected chi connectivity index (χ1v) is 5.23. The summed E-state index contributed by atoms with van der Waals surface area (Å²) in [5.41, 5.74) is -1.11. The van der Waals surface area contributed by atoms with Gasteiger partial charge in [0.25, 0.3) is 5.56 Å². The van der Waals surface area contributed by atoms with Gasteiger partial charge < -0.3 is 14.5 Å². The van der Waals surface area contributed by atoms with Gasteiger partial charge in [-0.1, -0.05) is 0 Å². The fraction of sp³-hybridized carbons (Fsp3) is 0.500. The van der Waals surface area contributed by atoms with Crippen molar-refractivity contribution in [3.05, 3.63) is 27.9 Å². The fourth-order valence-electron chi connectivity index (χ4n) is 1.12. The van der Waals surface area contributed by atoms with E-state index in [9.17, 15) is 22.8 Å². The second-order valence-electron chi connectivity index (χ2n) is 3.40. The molecule has 0 aliphatic rings. The monoisotopic (exact) mass is 280 g/mol. The Bertz CT molecular complexity index is 498. The third-order valence-corrected chi connectivity index (χ3v) is 1.85. The van der Waals surface area contributed by atoms with Crippen LogP contribution in [-0.4, -0.2) is 35.3 Å². The molecule has 0 bridgehead atoms. The van der Waals surface area contributed by atoms with Crippen molar-refractivity contribution < 1.29 is 27.4 Å². The van der Waals surface area contributed by atoms with E-state index < -0.39 is 30.9 Å². The molecule has 0 amide bonds. The number of carbonyl (C=O) groups excluding carboxylic acids is 1. The quantitative estimate of drug-likeness (QED) is 0.814. The normalized spacial score (nSPS) is 11.4. The zero-order valence-corrected chi connectivity index (χ0v) is 9.91. The lowest BCUT2D eigenvalue weighted by atomic mass is 10.3. The van der Waals surface area contributed by atoms with Crippen LogP contribution in [0, 0.1) is 0 Å². The number of rotatable bonds is 5. The molecule has 0 saturated carbocycles. The van der Waals surface area contributed by atoms with Gasteiger partial charge in [0.15, 0.2) is 0 Å². The van der Waals surface area contributed by atoms with Crippen molar-refractivity contribution in [1.29, 1.82) is 0 Å². The van der Waals surface area contributed by atoms with E-state index in [1.54, 1.807) is 6.92 Å². The highest BCUT2D eigenvalue weighted by molar-refractivity contribution is 5.88. The van der Waals surface area contributed by atoms with Gasteiger partial charge in [0, 0.05) is 6.20 Å². The number of hydrogen-bond donors (Lipinski definition) is 1. The molecule has 0 aliphatic heterocycles. The van der Waals surface area contributed by atoms with Crippen molar-refractivity contribution in [1.82, 2.24) is 9.97 Å². The van der Waals surface area contributed by atoms with Gasteiger partial charge in [-0.05, 0) is 6.92 Å². The van der Waals surface area contributed by atoms with Gasteiger partial charge in [-0.25, -0.2) is 9.78 Å². The molecule has 0 radical (unpaired) electrons. The zero-order chi connectivity index (χ0) is 14.5. The molecule has 0 atom stereocenters. The second kappa shape index (κ2) is 6.32. The minimum Gasteiger partial charge on any atom is -0.462 e. The van der Waals surface area contributed by atoms with Crippen LogP contribution in [0.2, 0.25) is 0 Å². The highest BCUT2D eigenvalue weighted by atomic mass is 19.4. The number of nitrogens with zero attached hydrogens (tertiary/aromatic N) is 1. The summed E-state index contributed by atoms with van der Waals surface area (Å²) in [6.07, 6.45) is -3.52. The van der Waals surface area contributed by atoms with Gasteiger partial charge in [0.05, 0.1) is 6.61 Å². The number of H-pyrrole nitrogens is 1. The highest BCUT2D eigenvalue weighted by Crippen LogP contribution is 2.14. The third-order valence-electron chi connectivity index (χ3n) is 1.85. The molecule has 1 aromatic rings. The van der Waals surface area contributed by atoms with Gasteiger partial charge in [0.1, 0.15) is 24.6 Å². The average molecular weight is 280 g/mol. The standard InChI is InChI=1S/C10H11F3N2O4/c1-2-19-9(17)6-3-14-7(15-8(6)16)4-18-5-10(11,12)13/h3H,2,4-5H2,1H3,(H,14,15,16). The Hall–Kier alpha value is -1.90. The molecular formula is C10H11F3N2O4. The van der Waals surface area contributed by atoms with Crippen LogP contribution in [0.1, 0.15) is 23.1 Å². The number of esters is 1. The van der Waals surface area contributed by atoms with E-state index in [1.807, 2.05) is 0 Å². The SMILES string of the molecule is CCOC(=O)c1cnc(COCC(F)(F)F)[nH]c1=O. The van der Waals surface area contributed by atoms with E-state index in [0.29, 0.717) is 0 Å². The van der Waals surface area contributed by atoms with E-state index in [0.717, 1.165) is 6.20 Å². The smallest absolute Gasteiger partial charge is 0.411 e. The first-order valence-electron chi connectivity index (χ1n) is 5.23. The Morgan fingerprint density at radius 2 is 2.16 bits per heavy atom. The maximum atomic E-state index is 11.8. The van der Waals surface area contributed by atoms with Gasteiger partial charge in [-0.3, -0.25) is 4.79 Å². The zero-order valence-electron chi connectivity index (χ0n) is 9.91. The van der Waals surface area contributed by atoms with Crippen LogP contribution in [0.15, 0.2) is 11.0 Å².